The zero-order valence-corrected chi connectivity index (χ0v) is 11.1. The van der Waals surface area contributed by atoms with E-state index >= 15 is 0 Å². The first-order valence-electron chi connectivity index (χ1n) is 5.82. The highest BCUT2D eigenvalue weighted by molar-refractivity contribution is 5.85. The Bertz CT molecular complexity index is 277. The highest BCUT2D eigenvalue weighted by Gasteiger charge is 2.27. The van der Waals surface area contributed by atoms with Crippen LogP contribution in [0.4, 0.5) is 13.2 Å². The fraction of sp³-hybridized carbons (Fsp3) is 0.909. The molecule has 4 nitrogen and oxygen atoms in total. The van der Waals surface area contributed by atoms with Crippen LogP contribution in [0.15, 0.2) is 5.16 Å². The zero-order valence-electron chi connectivity index (χ0n) is 11.1. The molecule has 0 bridgehead atoms. The van der Waals surface area contributed by atoms with E-state index in [4.69, 9.17) is 10.9 Å². The van der Waals surface area contributed by atoms with E-state index in [1.54, 1.807) is 11.9 Å². The molecule has 0 aromatic rings. The summed E-state index contributed by atoms with van der Waals surface area (Å²) in [5.74, 6) is 0.139. The van der Waals surface area contributed by atoms with Crippen LogP contribution in [-0.4, -0.2) is 42.3 Å². The molecule has 0 amide bonds. The summed E-state index contributed by atoms with van der Waals surface area (Å²) in [6.45, 7) is 4.21. The minimum Gasteiger partial charge on any atom is -0.409 e. The van der Waals surface area contributed by atoms with Crippen molar-refractivity contribution in [1.82, 2.24) is 4.90 Å². The minimum absolute atomic E-state index is 0.00645. The number of alkyl halides is 3. The predicted octanol–water partition coefficient (Wildman–Crippen LogP) is 2.42. The Kier molecular flexibility index (Phi) is 6.45. The maximum Gasteiger partial charge on any atom is 0.390 e. The van der Waals surface area contributed by atoms with Gasteiger partial charge in [0.25, 0.3) is 0 Å². The molecule has 0 aliphatic carbocycles. The predicted molar refractivity (Wildman–Crippen MR) is 64.6 cm³/mol. The standard InChI is InChI=1S/C11H22F3N3O/c1-10(2,9(15)16-18)5-4-7-17(3)8-6-11(12,13)14/h18H,4-8H2,1-3H3,(H2,15,16). The number of oxime groups is 1. The summed E-state index contributed by atoms with van der Waals surface area (Å²) in [4.78, 5) is 1.63. The first-order valence-corrected chi connectivity index (χ1v) is 5.82. The highest BCUT2D eigenvalue weighted by Crippen LogP contribution is 2.23. The van der Waals surface area contributed by atoms with E-state index in [1.807, 2.05) is 13.8 Å². The van der Waals surface area contributed by atoms with Crippen LogP contribution < -0.4 is 5.73 Å². The first-order chi connectivity index (χ1) is 8.08. The second-order valence-electron chi connectivity index (χ2n) is 5.14. The molecule has 0 heterocycles. The van der Waals surface area contributed by atoms with Gasteiger partial charge in [-0.25, -0.2) is 0 Å². The molecule has 0 unspecified atom stereocenters. The van der Waals surface area contributed by atoms with Crippen LogP contribution in [0, 0.1) is 5.41 Å². The molecule has 3 N–H and O–H groups in total. The summed E-state index contributed by atoms with van der Waals surface area (Å²) < 4.78 is 36.0. The normalized spacial score (nSPS) is 14.3. The third-order valence-corrected chi connectivity index (χ3v) is 2.92. The Hall–Kier alpha value is -0.980. The Morgan fingerprint density at radius 2 is 1.78 bits per heavy atom. The molecule has 0 rings (SSSR count). The van der Waals surface area contributed by atoms with Crippen molar-refractivity contribution in [2.75, 3.05) is 20.1 Å². The fourth-order valence-electron chi connectivity index (χ4n) is 1.48. The van der Waals surface area contributed by atoms with Gasteiger partial charge in [-0.1, -0.05) is 19.0 Å². The number of rotatable bonds is 7. The molecule has 0 aliphatic rings. The Morgan fingerprint density at radius 1 is 1.22 bits per heavy atom. The van der Waals surface area contributed by atoms with Crippen molar-refractivity contribution in [1.29, 1.82) is 0 Å². The highest BCUT2D eigenvalue weighted by atomic mass is 19.4. The quantitative estimate of drug-likeness (QED) is 0.323. The van der Waals surface area contributed by atoms with E-state index in [9.17, 15) is 13.2 Å². The molecule has 0 saturated heterocycles. The molecule has 0 aliphatic heterocycles. The number of halogens is 3. The van der Waals surface area contributed by atoms with Crippen LogP contribution >= 0.6 is 0 Å². The molecular formula is C11H22F3N3O. The van der Waals surface area contributed by atoms with Gasteiger partial charge in [0.2, 0.25) is 0 Å². The summed E-state index contributed by atoms with van der Waals surface area (Å²) in [5.41, 5.74) is 5.08. The van der Waals surface area contributed by atoms with Crippen molar-refractivity contribution in [3.8, 4) is 0 Å². The lowest BCUT2D eigenvalue weighted by molar-refractivity contribution is -0.137. The molecule has 0 fully saturated rings. The van der Waals surface area contributed by atoms with Gasteiger partial charge in [-0.3, -0.25) is 0 Å². The first kappa shape index (κ1) is 17.0. The number of hydrogen-bond donors (Lipinski definition) is 2. The summed E-state index contributed by atoms with van der Waals surface area (Å²) in [5, 5.41) is 11.5. The number of nitrogens with two attached hydrogens (primary N) is 1. The van der Waals surface area contributed by atoms with Crippen LogP contribution in [-0.2, 0) is 0 Å². The van der Waals surface area contributed by atoms with Crippen molar-refractivity contribution in [2.45, 2.75) is 39.3 Å². The number of nitrogens with zero attached hydrogens (tertiary/aromatic N) is 2. The van der Waals surface area contributed by atoms with Gasteiger partial charge in [0.1, 0.15) is 5.84 Å². The molecule has 0 radical (unpaired) electrons. The summed E-state index contributed by atoms with van der Waals surface area (Å²) in [7, 11) is 1.65. The second-order valence-corrected chi connectivity index (χ2v) is 5.14. The van der Waals surface area contributed by atoms with Gasteiger partial charge in [-0.05, 0) is 26.4 Å². The maximum absolute atomic E-state index is 12.0. The number of amidine groups is 1. The van der Waals surface area contributed by atoms with Gasteiger partial charge >= 0.3 is 6.18 Å². The molecule has 18 heavy (non-hydrogen) atoms. The fourth-order valence-corrected chi connectivity index (χ4v) is 1.48. The molecule has 0 spiro atoms. The lowest BCUT2D eigenvalue weighted by Crippen LogP contribution is -2.33. The average Bonchev–Trinajstić information content (AvgIpc) is 2.24. The summed E-state index contributed by atoms with van der Waals surface area (Å²) in [6.07, 6.45) is -3.56. The molecule has 7 heteroatoms. The van der Waals surface area contributed by atoms with Gasteiger partial charge in [0.05, 0.1) is 6.42 Å². The van der Waals surface area contributed by atoms with Gasteiger partial charge < -0.3 is 15.8 Å². The van der Waals surface area contributed by atoms with Crippen molar-refractivity contribution in [2.24, 2.45) is 16.3 Å². The van der Waals surface area contributed by atoms with E-state index in [0.717, 1.165) is 0 Å². The van der Waals surface area contributed by atoms with E-state index in [1.165, 1.54) is 0 Å². The molecule has 0 saturated carbocycles. The molecular weight excluding hydrogens is 247 g/mol. The van der Waals surface area contributed by atoms with Gasteiger partial charge in [0.15, 0.2) is 0 Å². The van der Waals surface area contributed by atoms with Crippen LogP contribution in [0.3, 0.4) is 0 Å². The monoisotopic (exact) mass is 269 g/mol. The Morgan fingerprint density at radius 3 is 2.22 bits per heavy atom. The van der Waals surface area contributed by atoms with Crippen LogP contribution in [0.1, 0.15) is 33.1 Å². The van der Waals surface area contributed by atoms with Crippen LogP contribution in [0.5, 0.6) is 0 Å². The van der Waals surface area contributed by atoms with E-state index in [2.05, 4.69) is 5.16 Å². The van der Waals surface area contributed by atoms with Crippen molar-refractivity contribution in [3.63, 3.8) is 0 Å². The lowest BCUT2D eigenvalue weighted by atomic mass is 9.86. The summed E-state index contributed by atoms with van der Waals surface area (Å²) in [6, 6.07) is 0. The smallest absolute Gasteiger partial charge is 0.390 e. The van der Waals surface area contributed by atoms with Crippen molar-refractivity contribution >= 4 is 5.84 Å². The molecule has 0 atom stereocenters. The third-order valence-electron chi connectivity index (χ3n) is 2.92. The van der Waals surface area contributed by atoms with E-state index in [0.29, 0.717) is 19.4 Å². The number of hydrogen-bond acceptors (Lipinski definition) is 3. The van der Waals surface area contributed by atoms with Gasteiger partial charge in [0, 0.05) is 12.0 Å². The topological polar surface area (TPSA) is 61.8 Å². The Labute approximate surface area is 106 Å². The lowest BCUT2D eigenvalue weighted by Gasteiger charge is -2.24. The van der Waals surface area contributed by atoms with Gasteiger partial charge in [-0.15, -0.1) is 0 Å². The average molecular weight is 269 g/mol. The molecule has 108 valence electrons. The van der Waals surface area contributed by atoms with Gasteiger partial charge in [-0.2, -0.15) is 13.2 Å². The second kappa shape index (κ2) is 6.82. The van der Waals surface area contributed by atoms with Crippen molar-refractivity contribution in [3.05, 3.63) is 0 Å². The largest absolute Gasteiger partial charge is 0.409 e. The molecule has 0 aromatic heterocycles. The van der Waals surface area contributed by atoms with Crippen molar-refractivity contribution < 1.29 is 18.4 Å². The molecule has 0 aromatic carbocycles. The SMILES string of the molecule is CN(CCCC(C)(C)C(N)=NO)CCC(F)(F)F. The maximum atomic E-state index is 12.0. The van der Waals surface area contributed by atoms with Crippen LogP contribution in [0.25, 0.3) is 0 Å². The van der Waals surface area contributed by atoms with E-state index < -0.39 is 18.0 Å². The minimum atomic E-state index is -4.11. The Balaban J connectivity index is 3.91. The third kappa shape index (κ3) is 7.37. The zero-order chi connectivity index (χ0) is 14.4. The van der Waals surface area contributed by atoms with E-state index in [-0.39, 0.29) is 12.4 Å². The van der Waals surface area contributed by atoms with Crippen LogP contribution in [0.2, 0.25) is 0 Å². The summed E-state index contributed by atoms with van der Waals surface area (Å²) >= 11 is 0.